The molecule has 6 nitrogen and oxygen atoms in total. The number of hydrogen-bond donors (Lipinski definition) is 0. The standard InChI is InChI=1S/Cl2O6/c3-1(4)8-2(5,6)7. The van der Waals surface area contributed by atoms with Gasteiger partial charge in [-0.3, -0.25) is 0 Å². The maximum Gasteiger partial charge on any atom is 0.473 e. The number of rotatable bonds is 2. The van der Waals surface area contributed by atoms with E-state index in [1.807, 2.05) is 0 Å². The summed E-state index contributed by atoms with van der Waals surface area (Å²) >= 11 is 0. The zero-order chi connectivity index (χ0) is 6.78. The first-order chi connectivity index (χ1) is 3.42. The second kappa shape index (κ2) is 2.76. The number of hydrogen-bond acceptors (Lipinski definition) is 6. The molecule has 8 heteroatoms. The lowest BCUT2D eigenvalue weighted by Crippen LogP contribution is -2.63. The summed E-state index contributed by atoms with van der Waals surface area (Å²) in [6, 6.07) is 0. The van der Waals surface area contributed by atoms with Crippen LogP contribution >= 0.6 is 0 Å². The first kappa shape index (κ1) is 8.34. The highest BCUT2D eigenvalue weighted by molar-refractivity contribution is 2.48. The topological polar surface area (TPSA) is 125 Å². The summed E-state index contributed by atoms with van der Waals surface area (Å²) in [5.74, 6) is 0. The molecule has 0 radical (unpaired) electrons. The monoisotopic (exact) mass is 166 g/mol. The molecule has 0 fully saturated rings. The van der Waals surface area contributed by atoms with E-state index in [-0.39, 0.29) is 0 Å². The van der Waals surface area contributed by atoms with E-state index in [9.17, 15) is 14.0 Å². The largest absolute Gasteiger partial charge is 0.473 e. The van der Waals surface area contributed by atoms with Crippen LogP contribution in [0.1, 0.15) is 0 Å². The minimum Gasteiger partial charge on any atom is -0.307 e. The third-order valence-corrected chi connectivity index (χ3v) is 1.07. The zero-order valence-corrected chi connectivity index (χ0v) is 4.72. The maximum atomic E-state index is 9.23. The van der Waals surface area contributed by atoms with Crippen LogP contribution in [0.5, 0.6) is 0 Å². The van der Waals surface area contributed by atoms with Gasteiger partial charge in [0.25, 0.3) is 0 Å². The smallest absolute Gasteiger partial charge is 0.307 e. The minimum absolute atomic E-state index is 2.71. The van der Waals surface area contributed by atoms with Crippen molar-refractivity contribution in [2.24, 2.45) is 0 Å². The third kappa shape index (κ3) is 6.34. The van der Waals surface area contributed by atoms with Crippen LogP contribution in [0.15, 0.2) is 0 Å². The van der Waals surface area contributed by atoms with Gasteiger partial charge >= 0.3 is 14.6 Å². The lowest BCUT2D eigenvalue weighted by atomic mass is 15.8. The fraction of sp³-hybridized carbons (Fsp3) is 0. The molecule has 0 rings (SSSR count). The van der Waals surface area contributed by atoms with Crippen molar-refractivity contribution in [3.63, 3.8) is 0 Å². The van der Waals surface area contributed by atoms with Crippen LogP contribution in [0.2, 0.25) is 0 Å². The molecule has 0 aromatic rings. The van der Waals surface area contributed by atoms with Gasteiger partial charge in [0.05, 0.1) is 0 Å². The van der Waals surface area contributed by atoms with Crippen molar-refractivity contribution in [2.75, 3.05) is 0 Å². The van der Waals surface area contributed by atoms with Crippen LogP contribution in [-0.2, 0) is 3.84 Å². The van der Waals surface area contributed by atoms with Crippen LogP contribution in [-0.4, -0.2) is 0 Å². The van der Waals surface area contributed by atoms with E-state index >= 15 is 0 Å². The third-order valence-electron chi connectivity index (χ3n) is 0.119. The lowest BCUT2D eigenvalue weighted by molar-refractivity contribution is -1.99. The Labute approximate surface area is 49.1 Å². The molecule has 0 N–H and O–H groups in total. The van der Waals surface area contributed by atoms with E-state index in [4.69, 9.17) is 9.32 Å². The van der Waals surface area contributed by atoms with Crippen molar-refractivity contribution in [1.29, 1.82) is 0 Å². The van der Waals surface area contributed by atoms with Gasteiger partial charge in [-0.25, -0.2) is 0 Å². The Hall–Kier alpha value is 0.340. The van der Waals surface area contributed by atoms with Crippen LogP contribution in [0.4, 0.5) is 0 Å². The highest BCUT2D eigenvalue weighted by Gasteiger charge is 2.37. The van der Waals surface area contributed by atoms with Gasteiger partial charge in [-0.2, -0.15) is 14.0 Å². The summed E-state index contributed by atoms with van der Waals surface area (Å²) in [5, 5.41) is 0. The van der Waals surface area contributed by atoms with Crippen LogP contribution in [0.25, 0.3) is 0 Å². The molecular formula is Cl2O6. The fourth-order valence-corrected chi connectivity index (χ4v) is 0.525. The van der Waals surface area contributed by atoms with Crippen molar-refractivity contribution in [1.82, 2.24) is 0 Å². The molecule has 0 atom stereocenters. The highest BCUT2D eigenvalue weighted by atomic mass is 35.7. The molecule has 0 aliphatic heterocycles. The Bertz CT molecular complexity index is 61.4. The highest BCUT2D eigenvalue weighted by Crippen LogP contribution is 1.88. The molecule has 0 amide bonds. The van der Waals surface area contributed by atoms with E-state index in [1.165, 1.54) is 0 Å². The average molecular weight is 167 g/mol. The minimum atomic E-state index is -4.85. The predicted octanol–water partition coefficient (Wildman–Crippen LogP) is -6.01. The summed E-state index contributed by atoms with van der Waals surface area (Å²) in [7, 11) is -7.85. The molecule has 0 heterocycles. The Morgan fingerprint density at radius 1 is 1.12 bits per heavy atom. The van der Waals surface area contributed by atoms with Crippen LogP contribution in [0, 0.1) is 21.0 Å². The molecular weight excluding hydrogens is 167 g/mol. The van der Waals surface area contributed by atoms with Crippen LogP contribution in [0.3, 0.4) is 0 Å². The summed E-state index contributed by atoms with van der Waals surface area (Å²) in [5.41, 5.74) is 0. The molecule has 50 valence electrons. The first-order valence-electron chi connectivity index (χ1n) is 1.08. The summed E-state index contributed by atoms with van der Waals surface area (Å²) < 4.78 is 48.7. The normalized spacial score (nSPS) is 12.8. The Balaban J connectivity index is 3.39. The van der Waals surface area contributed by atoms with E-state index in [0.717, 1.165) is 0 Å². The Kier molecular flexibility index (Phi) is 2.88. The van der Waals surface area contributed by atoms with Gasteiger partial charge in [0, 0.05) is 0 Å². The predicted molar refractivity (Wildman–Crippen MR) is 1.08 cm³/mol. The van der Waals surface area contributed by atoms with E-state index in [0.29, 0.717) is 0 Å². The van der Waals surface area contributed by atoms with Crippen molar-refractivity contribution in [3.8, 4) is 0 Å². The summed E-state index contributed by atoms with van der Waals surface area (Å²) in [6.45, 7) is 0. The molecule has 8 heavy (non-hydrogen) atoms. The Morgan fingerprint density at radius 3 is 1.50 bits per heavy atom. The molecule has 0 aromatic heterocycles. The van der Waals surface area contributed by atoms with E-state index < -0.39 is 21.0 Å². The Morgan fingerprint density at radius 2 is 1.50 bits per heavy atom. The lowest BCUT2D eigenvalue weighted by Gasteiger charge is -2.01. The maximum absolute atomic E-state index is 9.23. The van der Waals surface area contributed by atoms with Gasteiger partial charge < -0.3 is 9.32 Å². The number of halogens is 2. The van der Waals surface area contributed by atoms with Gasteiger partial charge in [0.15, 0.2) is 0 Å². The van der Waals surface area contributed by atoms with E-state index in [2.05, 4.69) is 3.84 Å². The van der Waals surface area contributed by atoms with Gasteiger partial charge in [-0.15, -0.1) is 0 Å². The van der Waals surface area contributed by atoms with Crippen molar-refractivity contribution >= 4 is 0 Å². The van der Waals surface area contributed by atoms with E-state index in [1.54, 1.807) is 0 Å². The fourth-order valence-electron chi connectivity index (χ4n) is 0.0583. The summed E-state index contributed by atoms with van der Waals surface area (Å²) in [4.78, 5) is 0. The van der Waals surface area contributed by atoms with Gasteiger partial charge in [-0.05, 0) is 0 Å². The van der Waals surface area contributed by atoms with Crippen molar-refractivity contribution < 1.29 is 48.2 Å². The van der Waals surface area contributed by atoms with Crippen molar-refractivity contribution in [2.45, 2.75) is 0 Å². The summed E-state index contributed by atoms with van der Waals surface area (Å²) in [6.07, 6.45) is 0. The average Bonchev–Trinajstić information content (AvgIpc) is 1.21. The SMILES string of the molecule is [O-][Cl+2]([O-])O[Cl+3]([O-])([O-])[O-]. The molecule has 0 saturated carbocycles. The molecule has 0 saturated heterocycles. The van der Waals surface area contributed by atoms with Gasteiger partial charge in [0.1, 0.15) is 0 Å². The molecule has 0 bridgehead atoms. The van der Waals surface area contributed by atoms with Crippen LogP contribution < -0.4 is 23.3 Å². The molecule has 0 aromatic carbocycles. The van der Waals surface area contributed by atoms with Gasteiger partial charge in [0.2, 0.25) is 10.2 Å². The molecule has 0 aliphatic carbocycles. The molecule has 0 spiro atoms. The second-order valence-electron chi connectivity index (χ2n) is 0.625. The van der Waals surface area contributed by atoms with Gasteiger partial charge in [-0.1, -0.05) is 0 Å². The van der Waals surface area contributed by atoms with Crippen molar-refractivity contribution in [3.05, 3.63) is 0 Å². The molecule has 0 unspecified atom stereocenters. The first-order valence-corrected chi connectivity index (χ1v) is 3.24. The zero-order valence-electron chi connectivity index (χ0n) is 3.21. The second-order valence-corrected chi connectivity index (χ2v) is 2.23. The molecule has 0 aliphatic rings. The quantitative estimate of drug-likeness (QED) is 0.402.